The normalized spacial score (nSPS) is 22.4. The number of likely N-dealkylation sites (N-methyl/N-ethyl adjacent to an activating group) is 1. The number of carbonyl (C=O) groups excluding carboxylic acids is 1. The quantitative estimate of drug-likeness (QED) is 0.583. The minimum absolute atomic E-state index is 0.0281. The zero-order valence-corrected chi connectivity index (χ0v) is 24.0. The standard InChI is InChI=1S/C30H46N4O4/c1-22-18-34(23(2)21-35)30(36)27-17-26(32(4)5)10-11-28(27)38-24(3)9-7-8-16-37-29(22)20-33(6)19-25-12-14-31-15-13-25/h10-15,17,22-24,29,35H,7-9,16,18-21H2,1-6H3/t22-,23+,24+,29-/m0/s1. The number of ether oxygens (including phenoxy) is 2. The maximum Gasteiger partial charge on any atom is 0.258 e. The molecule has 8 nitrogen and oxygen atoms in total. The molecule has 1 aromatic heterocycles. The van der Waals surface area contributed by atoms with E-state index in [1.54, 1.807) is 4.90 Å². The Kier molecular flexibility index (Phi) is 11.4. The van der Waals surface area contributed by atoms with E-state index in [-0.39, 0.29) is 36.7 Å². The van der Waals surface area contributed by atoms with Gasteiger partial charge in [0.05, 0.1) is 30.4 Å². The molecule has 0 fully saturated rings. The van der Waals surface area contributed by atoms with Gasteiger partial charge >= 0.3 is 0 Å². The van der Waals surface area contributed by atoms with Crippen LogP contribution in [0, 0.1) is 5.92 Å². The molecule has 38 heavy (non-hydrogen) atoms. The molecule has 0 spiro atoms. The third-order valence-corrected chi connectivity index (χ3v) is 7.24. The smallest absolute Gasteiger partial charge is 0.258 e. The second-order valence-electron chi connectivity index (χ2n) is 10.9. The number of hydrogen-bond acceptors (Lipinski definition) is 7. The molecule has 2 heterocycles. The van der Waals surface area contributed by atoms with E-state index in [4.69, 9.17) is 9.47 Å². The highest BCUT2D eigenvalue weighted by molar-refractivity contribution is 5.98. The molecule has 0 unspecified atom stereocenters. The molecule has 0 radical (unpaired) electrons. The number of fused-ring (bicyclic) bond motifs is 1. The molecule has 8 heteroatoms. The molecule has 0 saturated heterocycles. The minimum atomic E-state index is -0.346. The van der Waals surface area contributed by atoms with Gasteiger partial charge in [-0.2, -0.15) is 0 Å². The van der Waals surface area contributed by atoms with Gasteiger partial charge in [-0.25, -0.2) is 0 Å². The summed E-state index contributed by atoms with van der Waals surface area (Å²) in [5.74, 6) is 0.513. The van der Waals surface area contributed by atoms with Crippen molar-refractivity contribution in [3.05, 3.63) is 53.9 Å². The Hall–Kier alpha value is -2.68. The molecule has 1 amide bonds. The topological polar surface area (TPSA) is 78.4 Å². The zero-order chi connectivity index (χ0) is 27.7. The molecule has 1 N–H and O–H groups in total. The second-order valence-corrected chi connectivity index (χ2v) is 10.9. The fraction of sp³-hybridized carbons (Fsp3) is 0.600. The predicted octanol–water partition coefficient (Wildman–Crippen LogP) is 4.08. The summed E-state index contributed by atoms with van der Waals surface area (Å²) in [5, 5.41) is 10.1. The fourth-order valence-corrected chi connectivity index (χ4v) is 4.82. The van der Waals surface area contributed by atoms with Gasteiger partial charge in [0.1, 0.15) is 5.75 Å². The van der Waals surface area contributed by atoms with Gasteiger partial charge in [-0.1, -0.05) is 6.92 Å². The first-order chi connectivity index (χ1) is 18.2. The highest BCUT2D eigenvalue weighted by Crippen LogP contribution is 2.29. The first-order valence-corrected chi connectivity index (χ1v) is 13.8. The van der Waals surface area contributed by atoms with Crippen LogP contribution in [0.4, 0.5) is 5.69 Å². The monoisotopic (exact) mass is 526 g/mol. The van der Waals surface area contributed by atoms with Crippen LogP contribution in [0.15, 0.2) is 42.7 Å². The Balaban J connectivity index is 1.90. The maximum atomic E-state index is 14.1. The number of aliphatic hydroxyl groups excluding tert-OH is 1. The average molecular weight is 527 g/mol. The van der Waals surface area contributed by atoms with Crippen molar-refractivity contribution in [2.24, 2.45) is 5.92 Å². The Bertz CT molecular complexity index is 1000. The van der Waals surface area contributed by atoms with Crippen molar-refractivity contribution >= 4 is 11.6 Å². The number of aromatic nitrogens is 1. The lowest BCUT2D eigenvalue weighted by Gasteiger charge is -2.36. The van der Waals surface area contributed by atoms with E-state index in [1.807, 2.05) is 75.6 Å². The summed E-state index contributed by atoms with van der Waals surface area (Å²) < 4.78 is 12.7. The number of hydrogen-bond donors (Lipinski definition) is 1. The van der Waals surface area contributed by atoms with Gasteiger partial charge in [-0.05, 0) is 76.1 Å². The van der Waals surface area contributed by atoms with Crippen LogP contribution in [0.25, 0.3) is 0 Å². The van der Waals surface area contributed by atoms with Crippen molar-refractivity contribution in [1.82, 2.24) is 14.8 Å². The Morgan fingerprint density at radius 1 is 1.13 bits per heavy atom. The van der Waals surface area contributed by atoms with Gasteiger partial charge in [0, 0.05) is 64.3 Å². The van der Waals surface area contributed by atoms with Crippen molar-refractivity contribution in [3.63, 3.8) is 0 Å². The average Bonchev–Trinajstić information content (AvgIpc) is 2.90. The summed E-state index contributed by atoms with van der Waals surface area (Å²) in [6.45, 7) is 8.61. The molecule has 0 saturated carbocycles. The third-order valence-electron chi connectivity index (χ3n) is 7.24. The molecular weight excluding hydrogens is 480 g/mol. The van der Waals surface area contributed by atoms with E-state index >= 15 is 0 Å². The van der Waals surface area contributed by atoms with Crippen LogP contribution in [-0.2, 0) is 11.3 Å². The number of anilines is 1. The van der Waals surface area contributed by atoms with Gasteiger partial charge in [0.15, 0.2) is 0 Å². The molecule has 3 rings (SSSR count). The van der Waals surface area contributed by atoms with Gasteiger partial charge in [-0.15, -0.1) is 0 Å². The zero-order valence-electron chi connectivity index (χ0n) is 24.0. The predicted molar refractivity (Wildman–Crippen MR) is 152 cm³/mol. The van der Waals surface area contributed by atoms with Gasteiger partial charge < -0.3 is 24.4 Å². The Morgan fingerprint density at radius 2 is 1.87 bits per heavy atom. The SMILES string of the molecule is C[C@@H]1CCCCO[C@@H](CN(C)Cc2ccncc2)[C@@H](C)CN([C@H](C)CO)C(=O)c2cc(N(C)C)ccc2O1. The van der Waals surface area contributed by atoms with Crippen LogP contribution in [0.3, 0.4) is 0 Å². The van der Waals surface area contributed by atoms with Gasteiger partial charge in [-0.3, -0.25) is 14.7 Å². The van der Waals surface area contributed by atoms with Crippen LogP contribution >= 0.6 is 0 Å². The van der Waals surface area contributed by atoms with Crippen molar-refractivity contribution in [2.45, 2.75) is 64.8 Å². The third kappa shape index (κ3) is 8.41. The van der Waals surface area contributed by atoms with Crippen LogP contribution < -0.4 is 9.64 Å². The van der Waals surface area contributed by atoms with Crippen molar-refractivity contribution < 1.29 is 19.4 Å². The number of amides is 1. The van der Waals surface area contributed by atoms with Crippen LogP contribution in [0.2, 0.25) is 0 Å². The van der Waals surface area contributed by atoms with E-state index in [2.05, 4.69) is 23.9 Å². The molecule has 1 aliphatic heterocycles. The molecule has 210 valence electrons. The summed E-state index contributed by atoms with van der Waals surface area (Å²) in [7, 11) is 6.01. The van der Waals surface area contributed by atoms with Gasteiger partial charge in [0.2, 0.25) is 0 Å². The number of nitrogens with zero attached hydrogens (tertiary/aromatic N) is 4. The number of pyridine rings is 1. The van der Waals surface area contributed by atoms with Crippen molar-refractivity contribution in [3.8, 4) is 5.75 Å². The Labute approximate surface area is 228 Å². The highest BCUT2D eigenvalue weighted by atomic mass is 16.5. The summed E-state index contributed by atoms with van der Waals surface area (Å²) >= 11 is 0. The molecule has 1 aromatic carbocycles. The number of rotatable bonds is 7. The lowest BCUT2D eigenvalue weighted by molar-refractivity contribution is -0.0177. The van der Waals surface area contributed by atoms with Crippen LogP contribution in [0.5, 0.6) is 5.75 Å². The number of benzene rings is 1. The number of aliphatic hydroxyl groups is 1. The largest absolute Gasteiger partial charge is 0.490 e. The first-order valence-electron chi connectivity index (χ1n) is 13.8. The number of carbonyl (C=O) groups is 1. The van der Waals surface area contributed by atoms with Crippen LogP contribution in [-0.4, -0.2) is 91.5 Å². The van der Waals surface area contributed by atoms with E-state index < -0.39 is 0 Å². The van der Waals surface area contributed by atoms with Crippen molar-refractivity contribution in [2.75, 3.05) is 52.3 Å². The van der Waals surface area contributed by atoms with Crippen LogP contribution in [0.1, 0.15) is 56.0 Å². The molecule has 4 atom stereocenters. The molecule has 0 aliphatic carbocycles. The molecule has 1 aliphatic rings. The molecular formula is C30H46N4O4. The van der Waals surface area contributed by atoms with E-state index in [0.717, 1.165) is 38.0 Å². The second kappa shape index (κ2) is 14.5. The molecule has 2 aromatic rings. The van der Waals surface area contributed by atoms with E-state index in [9.17, 15) is 9.90 Å². The summed E-state index contributed by atoms with van der Waals surface area (Å²) in [6.07, 6.45) is 6.36. The lowest BCUT2D eigenvalue weighted by Crippen LogP contribution is -2.47. The fourth-order valence-electron chi connectivity index (χ4n) is 4.82. The highest BCUT2D eigenvalue weighted by Gasteiger charge is 2.30. The summed E-state index contributed by atoms with van der Waals surface area (Å²) in [5.41, 5.74) is 2.65. The Morgan fingerprint density at radius 3 is 2.55 bits per heavy atom. The van der Waals surface area contributed by atoms with E-state index in [1.165, 1.54) is 5.56 Å². The molecule has 0 bridgehead atoms. The minimum Gasteiger partial charge on any atom is -0.490 e. The van der Waals surface area contributed by atoms with Crippen molar-refractivity contribution in [1.29, 1.82) is 0 Å². The first kappa shape index (κ1) is 29.9. The summed E-state index contributed by atoms with van der Waals surface area (Å²) in [6, 6.07) is 9.49. The maximum absolute atomic E-state index is 14.1. The van der Waals surface area contributed by atoms with E-state index in [0.29, 0.717) is 24.5 Å². The lowest BCUT2D eigenvalue weighted by atomic mass is 10.0. The summed E-state index contributed by atoms with van der Waals surface area (Å²) in [4.78, 5) is 24.2. The van der Waals surface area contributed by atoms with Gasteiger partial charge in [0.25, 0.3) is 5.91 Å².